The third-order valence-electron chi connectivity index (χ3n) is 3.17. The third-order valence-corrected chi connectivity index (χ3v) is 5.56. The molecule has 0 unspecified atom stereocenters. The molecular weight excluding hydrogens is 342 g/mol. The molecule has 2 rings (SSSR count). The number of nitriles is 1. The number of thioether (sulfide) groups is 1. The Morgan fingerprint density at radius 1 is 1.33 bits per heavy atom. The highest BCUT2D eigenvalue weighted by Crippen LogP contribution is 2.43. The van der Waals surface area contributed by atoms with E-state index < -0.39 is 0 Å². The quantitative estimate of drug-likeness (QED) is 0.537. The molecule has 6 heteroatoms. The molecule has 24 heavy (non-hydrogen) atoms. The van der Waals surface area contributed by atoms with Gasteiger partial charge in [-0.25, -0.2) is 4.79 Å². The van der Waals surface area contributed by atoms with E-state index in [1.54, 1.807) is 25.8 Å². The maximum absolute atomic E-state index is 12.4. The van der Waals surface area contributed by atoms with Gasteiger partial charge in [-0.15, -0.1) is 23.1 Å². The predicted octanol–water partition coefficient (Wildman–Crippen LogP) is 4.97. The Balaban J connectivity index is 2.62. The van der Waals surface area contributed by atoms with E-state index in [2.05, 4.69) is 19.9 Å². The van der Waals surface area contributed by atoms with Crippen molar-refractivity contribution in [3.05, 3.63) is 34.7 Å². The van der Waals surface area contributed by atoms with Gasteiger partial charge >= 0.3 is 5.97 Å². The van der Waals surface area contributed by atoms with Gasteiger partial charge in [0.1, 0.15) is 16.7 Å². The van der Waals surface area contributed by atoms with Gasteiger partial charge in [-0.3, -0.25) is 0 Å². The Kier molecular flexibility index (Phi) is 6.29. The standard InChI is InChI=1S/C18H19NO3S2/c1-5-22-17(20)16-15(12-6-8-13(21-4)9-7-12)14(10-19)18(24-16)23-11(2)3/h6-9,11H,5H2,1-4H3. The van der Waals surface area contributed by atoms with E-state index in [0.29, 0.717) is 27.9 Å². The highest BCUT2D eigenvalue weighted by molar-refractivity contribution is 8.01. The first-order chi connectivity index (χ1) is 11.5. The first kappa shape index (κ1) is 18.4. The van der Waals surface area contributed by atoms with Crippen molar-refractivity contribution in [2.45, 2.75) is 30.2 Å². The van der Waals surface area contributed by atoms with Crippen molar-refractivity contribution < 1.29 is 14.3 Å². The van der Waals surface area contributed by atoms with Gasteiger partial charge in [0.2, 0.25) is 0 Å². The first-order valence-electron chi connectivity index (χ1n) is 7.56. The maximum atomic E-state index is 12.4. The fourth-order valence-corrected chi connectivity index (χ4v) is 4.80. The van der Waals surface area contributed by atoms with Gasteiger partial charge in [0.15, 0.2) is 0 Å². The molecule has 1 heterocycles. The van der Waals surface area contributed by atoms with Gasteiger partial charge in [0, 0.05) is 10.8 Å². The van der Waals surface area contributed by atoms with Gasteiger partial charge in [0.05, 0.1) is 23.5 Å². The smallest absolute Gasteiger partial charge is 0.349 e. The minimum absolute atomic E-state index is 0.299. The lowest BCUT2D eigenvalue weighted by molar-refractivity contribution is 0.0533. The van der Waals surface area contributed by atoms with E-state index in [1.165, 1.54) is 11.3 Å². The summed E-state index contributed by atoms with van der Waals surface area (Å²) in [7, 11) is 1.60. The summed E-state index contributed by atoms with van der Waals surface area (Å²) in [6, 6.07) is 9.61. The van der Waals surface area contributed by atoms with Crippen LogP contribution in [0, 0.1) is 11.3 Å². The lowest BCUT2D eigenvalue weighted by Gasteiger charge is -2.06. The molecule has 0 spiro atoms. The summed E-state index contributed by atoms with van der Waals surface area (Å²) in [6.07, 6.45) is 0. The van der Waals surface area contributed by atoms with E-state index in [0.717, 1.165) is 15.5 Å². The molecule has 0 saturated carbocycles. The molecular formula is C18H19NO3S2. The zero-order chi connectivity index (χ0) is 17.7. The number of hydrogen-bond acceptors (Lipinski definition) is 6. The zero-order valence-corrected chi connectivity index (χ0v) is 15.7. The first-order valence-corrected chi connectivity index (χ1v) is 9.26. The van der Waals surface area contributed by atoms with Crippen LogP contribution in [0.5, 0.6) is 5.75 Å². The monoisotopic (exact) mass is 361 g/mol. The second-order valence-electron chi connectivity index (χ2n) is 5.20. The number of rotatable bonds is 6. The van der Waals surface area contributed by atoms with Gasteiger partial charge in [-0.2, -0.15) is 5.26 Å². The highest BCUT2D eigenvalue weighted by Gasteiger charge is 2.25. The molecule has 0 atom stereocenters. The molecule has 0 fully saturated rings. The lowest BCUT2D eigenvalue weighted by Crippen LogP contribution is -2.04. The van der Waals surface area contributed by atoms with Crippen LogP contribution in [-0.4, -0.2) is 24.9 Å². The zero-order valence-electron chi connectivity index (χ0n) is 14.1. The Morgan fingerprint density at radius 2 is 2.00 bits per heavy atom. The minimum Gasteiger partial charge on any atom is -0.497 e. The number of esters is 1. The number of benzene rings is 1. The molecule has 0 aliphatic carbocycles. The number of nitrogens with zero attached hydrogens (tertiary/aromatic N) is 1. The lowest BCUT2D eigenvalue weighted by atomic mass is 10.0. The van der Waals surface area contributed by atoms with Gasteiger partial charge < -0.3 is 9.47 Å². The Hall–Kier alpha value is -1.97. The van der Waals surface area contributed by atoms with Crippen molar-refractivity contribution in [3.63, 3.8) is 0 Å². The van der Waals surface area contributed by atoms with Crippen LogP contribution in [0.4, 0.5) is 0 Å². The topological polar surface area (TPSA) is 59.3 Å². The van der Waals surface area contributed by atoms with Crippen molar-refractivity contribution in [1.29, 1.82) is 5.26 Å². The number of thiophene rings is 1. The maximum Gasteiger partial charge on any atom is 0.349 e. The van der Waals surface area contributed by atoms with E-state index in [1.807, 2.05) is 24.3 Å². The summed E-state index contributed by atoms with van der Waals surface area (Å²) in [5.74, 6) is 0.336. The molecule has 0 radical (unpaired) electrons. The SMILES string of the molecule is CCOC(=O)c1sc(SC(C)C)c(C#N)c1-c1ccc(OC)cc1. The molecule has 0 N–H and O–H groups in total. The van der Waals surface area contributed by atoms with Crippen LogP contribution in [0.2, 0.25) is 0 Å². The van der Waals surface area contributed by atoms with Crippen LogP contribution >= 0.6 is 23.1 Å². The van der Waals surface area contributed by atoms with Crippen LogP contribution in [0.25, 0.3) is 11.1 Å². The van der Waals surface area contributed by atoms with E-state index in [4.69, 9.17) is 9.47 Å². The molecule has 2 aromatic rings. The van der Waals surface area contributed by atoms with Crippen LogP contribution in [0.1, 0.15) is 36.0 Å². The van der Waals surface area contributed by atoms with Crippen molar-refractivity contribution in [2.24, 2.45) is 0 Å². The molecule has 0 aliphatic heterocycles. The number of carbonyl (C=O) groups excluding carboxylic acids is 1. The summed E-state index contributed by atoms with van der Waals surface area (Å²) >= 11 is 2.91. The fourth-order valence-electron chi connectivity index (χ4n) is 2.18. The molecule has 0 aliphatic rings. The second-order valence-corrected chi connectivity index (χ2v) is 8.06. The van der Waals surface area contributed by atoms with Crippen molar-refractivity contribution >= 4 is 29.1 Å². The average Bonchev–Trinajstić information content (AvgIpc) is 2.92. The average molecular weight is 361 g/mol. The van der Waals surface area contributed by atoms with Gasteiger partial charge in [-0.1, -0.05) is 26.0 Å². The van der Waals surface area contributed by atoms with E-state index in [9.17, 15) is 10.1 Å². The molecule has 4 nitrogen and oxygen atoms in total. The molecule has 0 bridgehead atoms. The predicted molar refractivity (Wildman–Crippen MR) is 98.0 cm³/mol. The normalized spacial score (nSPS) is 10.5. The number of ether oxygens (including phenoxy) is 2. The number of methoxy groups -OCH3 is 1. The number of carbonyl (C=O) groups is 1. The molecule has 1 aromatic carbocycles. The Bertz CT molecular complexity index is 758. The summed E-state index contributed by atoms with van der Waals surface area (Å²) in [5.41, 5.74) is 1.99. The Morgan fingerprint density at radius 3 is 2.50 bits per heavy atom. The summed E-state index contributed by atoms with van der Waals surface area (Å²) < 4.78 is 11.2. The van der Waals surface area contributed by atoms with Crippen molar-refractivity contribution in [3.8, 4) is 22.9 Å². The molecule has 1 aromatic heterocycles. The molecule has 0 amide bonds. The van der Waals surface area contributed by atoms with Crippen LogP contribution in [-0.2, 0) is 4.74 Å². The minimum atomic E-state index is -0.388. The molecule has 126 valence electrons. The van der Waals surface area contributed by atoms with E-state index in [-0.39, 0.29) is 5.97 Å². The van der Waals surface area contributed by atoms with E-state index >= 15 is 0 Å². The van der Waals surface area contributed by atoms with Gasteiger partial charge in [0.25, 0.3) is 0 Å². The third kappa shape index (κ3) is 3.92. The van der Waals surface area contributed by atoms with Crippen LogP contribution in [0.3, 0.4) is 0 Å². The van der Waals surface area contributed by atoms with Crippen LogP contribution < -0.4 is 4.74 Å². The largest absolute Gasteiger partial charge is 0.497 e. The summed E-state index contributed by atoms with van der Waals surface area (Å²) in [4.78, 5) is 12.8. The fraction of sp³-hybridized carbons (Fsp3) is 0.333. The van der Waals surface area contributed by atoms with Gasteiger partial charge in [-0.05, 0) is 24.6 Å². The van der Waals surface area contributed by atoms with Crippen molar-refractivity contribution in [2.75, 3.05) is 13.7 Å². The highest BCUT2D eigenvalue weighted by atomic mass is 32.2. The second kappa shape index (κ2) is 8.22. The van der Waals surface area contributed by atoms with Crippen LogP contribution in [0.15, 0.2) is 28.5 Å². The Labute approximate surface area is 150 Å². The summed E-state index contributed by atoms with van der Waals surface area (Å²) in [5, 5.41) is 9.98. The summed E-state index contributed by atoms with van der Waals surface area (Å²) in [6.45, 7) is 6.19. The molecule has 0 saturated heterocycles. The number of hydrogen-bond donors (Lipinski definition) is 0. The van der Waals surface area contributed by atoms with Crippen molar-refractivity contribution in [1.82, 2.24) is 0 Å².